The van der Waals surface area contributed by atoms with E-state index in [1.165, 1.54) is 19.3 Å². The molecule has 0 spiro atoms. The minimum Gasteiger partial charge on any atom is -0.496 e. The Labute approximate surface area is 96.2 Å². The normalized spacial score (nSPS) is 33.2. The molecule has 2 fully saturated rings. The molecule has 3 atom stereocenters. The number of methoxy groups -OCH3 is 1. The van der Waals surface area contributed by atoms with Crippen LogP contribution in [0.4, 0.5) is 0 Å². The molecule has 2 nitrogen and oxygen atoms in total. The Kier molecular flexibility index (Phi) is 2.40. The summed E-state index contributed by atoms with van der Waals surface area (Å²) >= 11 is 0. The molecule has 1 aromatic carbocycles. The van der Waals surface area contributed by atoms with Crippen LogP contribution in [-0.4, -0.2) is 12.2 Å². The molecule has 2 aliphatic carbocycles. The smallest absolute Gasteiger partial charge is 0.124 e. The molecule has 3 rings (SSSR count). The zero-order chi connectivity index (χ0) is 11.1. The summed E-state index contributed by atoms with van der Waals surface area (Å²) in [5, 5.41) is 10.4. The Balaban J connectivity index is 1.81. The standard InChI is InChI=1S/C14H18O2/c1-16-12-8-3-2-5-11(12)14(15)13-9-6-4-7-10(9)13/h2-3,5,8-10,13-15H,4,6-7H2,1H3. The maximum atomic E-state index is 10.4. The molecule has 0 radical (unpaired) electrons. The van der Waals surface area contributed by atoms with Crippen LogP contribution in [0.5, 0.6) is 5.75 Å². The molecule has 2 saturated carbocycles. The van der Waals surface area contributed by atoms with Crippen LogP contribution >= 0.6 is 0 Å². The summed E-state index contributed by atoms with van der Waals surface area (Å²) in [6.45, 7) is 0. The van der Waals surface area contributed by atoms with Gasteiger partial charge < -0.3 is 9.84 Å². The van der Waals surface area contributed by atoms with Crippen molar-refractivity contribution in [3.8, 4) is 5.75 Å². The maximum absolute atomic E-state index is 10.4. The van der Waals surface area contributed by atoms with Crippen molar-refractivity contribution < 1.29 is 9.84 Å². The Morgan fingerprint density at radius 2 is 1.94 bits per heavy atom. The van der Waals surface area contributed by atoms with E-state index >= 15 is 0 Å². The number of aliphatic hydroxyl groups excluding tert-OH is 1. The van der Waals surface area contributed by atoms with Crippen LogP contribution in [-0.2, 0) is 0 Å². The molecule has 0 bridgehead atoms. The molecule has 2 heteroatoms. The summed E-state index contributed by atoms with van der Waals surface area (Å²) in [4.78, 5) is 0. The summed E-state index contributed by atoms with van der Waals surface area (Å²) in [5.41, 5.74) is 0.962. The fourth-order valence-electron chi connectivity index (χ4n) is 3.46. The summed E-state index contributed by atoms with van der Waals surface area (Å²) in [6.07, 6.45) is 3.64. The minimum atomic E-state index is -0.327. The molecule has 1 N–H and O–H groups in total. The molecule has 86 valence electrons. The van der Waals surface area contributed by atoms with E-state index in [0.29, 0.717) is 5.92 Å². The van der Waals surface area contributed by atoms with Crippen molar-refractivity contribution in [2.45, 2.75) is 25.4 Å². The first kappa shape index (κ1) is 10.2. The van der Waals surface area contributed by atoms with E-state index < -0.39 is 0 Å². The van der Waals surface area contributed by atoms with Crippen molar-refractivity contribution in [1.29, 1.82) is 0 Å². The maximum Gasteiger partial charge on any atom is 0.124 e. The van der Waals surface area contributed by atoms with E-state index in [1.54, 1.807) is 7.11 Å². The topological polar surface area (TPSA) is 29.5 Å². The molecule has 0 heterocycles. The molecular formula is C14H18O2. The van der Waals surface area contributed by atoms with Gasteiger partial charge in [0.15, 0.2) is 0 Å². The lowest BCUT2D eigenvalue weighted by Crippen LogP contribution is -2.06. The van der Waals surface area contributed by atoms with Crippen molar-refractivity contribution in [2.75, 3.05) is 7.11 Å². The summed E-state index contributed by atoms with van der Waals surface area (Å²) in [7, 11) is 1.67. The number of rotatable bonds is 3. The van der Waals surface area contributed by atoms with E-state index in [9.17, 15) is 5.11 Å². The number of fused-ring (bicyclic) bond motifs is 1. The van der Waals surface area contributed by atoms with Crippen LogP contribution in [0, 0.1) is 17.8 Å². The SMILES string of the molecule is COc1ccccc1C(O)C1C2CCCC21. The number of hydrogen-bond donors (Lipinski definition) is 1. The molecule has 1 aromatic rings. The highest BCUT2D eigenvalue weighted by Crippen LogP contribution is 2.62. The van der Waals surface area contributed by atoms with Gasteiger partial charge in [0, 0.05) is 5.56 Å². The number of ether oxygens (including phenoxy) is 1. The van der Waals surface area contributed by atoms with Crippen LogP contribution in [0.3, 0.4) is 0 Å². The van der Waals surface area contributed by atoms with Gasteiger partial charge in [-0.2, -0.15) is 0 Å². The molecule has 2 aliphatic rings. The first-order valence-corrected chi connectivity index (χ1v) is 6.14. The van der Waals surface area contributed by atoms with E-state index in [-0.39, 0.29) is 6.10 Å². The van der Waals surface area contributed by atoms with Crippen molar-refractivity contribution in [3.63, 3.8) is 0 Å². The van der Waals surface area contributed by atoms with Gasteiger partial charge >= 0.3 is 0 Å². The molecule has 0 amide bonds. The number of aliphatic hydroxyl groups is 1. The first-order chi connectivity index (χ1) is 7.83. The van der Waals surface area contributed by atoms with Gasteiger partial charge in [-0.15, -0.1) is 0 Å². The van der Waals surface area contributed by atoms with Crippen molar-refractivity contribution in [1.82, 2.24) is 0 Å². The van der Waals surface area contributed by atoms with Crippen molar-refractivity contribution in [3.05, 3.63) is 29.8 Å². The lowest BCUT2D eigenvalue weighted by atomic mass is 9.99. The van der Waals surface area contributed by atoms with Crippen LogP contribution in [0.1, 0.15) is 30.9 Å². The zero-order valence-electron chi connectivity index (χ0n) is 9.60. The van der Waals surface area contributed by atoms with Gasteiger partial charge in [-0.3, -0.25) is 0 Å². The lowest BCUT2D eigenvalue weighted by Gasteiger charge is -2.16. The quantitative estimate of drug-likeness (QED) is 0.845. The minimum absolute atomic E-state index is 0.327. The predicted octanol–water partition coefficient (Wildman–Crippen LogP) is 2.77. The van der Waals surface area contributed by atoms with E-state index in [4.69, 9.17) is 4.74 Å². The Morgan fingerprint density at radius 1 is 1.25 bits per heavy atom. The van der Waals surface area contributed by atoms with Gasteiger partial charge in [-0.05, 0) is 36.7 Å². The molecular weight excluding hydrogens is 200 g/mol. The average molecular weight is 218 g/mol. The Hall–Kier alpha value is -1.02. The van der Waals surface area contributed by atoms with Crippen molar-refractivity contribution in [2.24, 2.45) is 17.8 Å². The second kappa shape index (κ2) is 3.77. The average Bonchev–Trinajstić information content (AvgIpc) is 2.81. The first-order valence-electron chi connectivity index (χ1n) is 6.14. The molecule has 0 saturated heterocycles. The van der Waals surface area contributed by atoms with E-state index in [1.807, 2.05) is 24.3 Å². The van der Waals surface area contributed by atoms with Gasteiger partial charge in [0.05, 0.1) is 13.2 Å². The van der Waals surface area contributed by atoms with E-state index in [0.717, 1.165) is 23.1 Å². The van der Waals surface area contributed by atoms with Gasteiger partial charge in [-0.25, -0.2) is 0 Å². The molecule has 0 aromatic heterocycles. The summed E-state index contributed by atoms with van der Waals surface area (Å²) < 4.78 is 5.31. The second-order valence-corrected chi connectivity index (χ2v) is 5.02. The Morgan fingerprint density at radius 3 is 2.62 bits per heavy atom. The van der Waals surface area contributed by atoms with Gasteiger partial charge in [0.25, 0.3) is 0 Å². The fourth-order valence-corrected chi connectivity index (χ4v) is 3.46. The van der Waals surface area contributed by atoms with Gasteiger partial charge in [0.1, 0.15) is 5.75 Å². The third kappa shape index (κ3) is 1.44. The zero-order valence-corrected chi connectivity index (χ0v) is 9.60. The third-order valence-electron chi connectivity index (χ3n) is 4.29. The van der Waals surface area contributed by atoms with Crippen LogP contribution in [0.15, 0.2) is 24.3 Å². The van der Waals surface area contributed by atoms with Crippen LogP contribution < -0.4 is 4.74 Å². The van der Waals surface area contributed by atoms with Crippen LogP contribution in [0.2, 0.25) is 0 Å². The number of benzene rings is 1. The lowest BCUT2D eigenvalue weighted by molar-refractivity contribution is 0.133. The summed E-state index contributed by atoms with van der Waals surface area (Å²) in [5.74, 6) is 2.87. The monoisotopic (exact) mass is 218 g/mol. The fraction of sp³-hybridized carbons (Fsp3) is 0.571. The van der Waals surface area contributed by atoms with Gasteiger partial charge in [-0.1, -0.05) is 24.6 Å². The van der Waals surface area contributed by atoms with Crippen molar-refractivity contribution >= 4 is 0 Å². The second-order valence-electron chi connectivity index (χ2n) is 5.02. The highest BCUT2D eigenvalue weighted by atomic mass is 16.5. The predicted molar refractivity (Wildman–Crippen MR) is 62.3 cm³/mol. The largest absolute Gasteiger partial charge is 0.496 e. The third-order valence-corrected chi connectivity index (χ3v) is 4.29. The molecule has 3 unspecified atom stereocenters. The number of hydrogen-bond acceptors (Lipinski definition) is 2. The molecule has 16 heavy (non-hydrogen) atoms. The van der Waals surface area contributed by atoms with E-state index in [2.05, 4.69) is 0 Å². The number of para-hydroxylation sites is 1. The summed E-state index contributed by atoms with van der Waals surface area (Å²) in [6, 6.07) is 7.83. The van der Waals surface area contributed by atoms with Crippen LogP contribution in [0.25, 0.3) is 0 Å². The van der Waals surface area contributed by atoms with Gasteiger partial charge in [0.2, 0.25) is 0 Å². The highest BCUT2D eigenvalue weighted by molar-refractivity contribution is 5.36. The molecule has 0 aliphatic heterocycles. The highest BCUT2D eigenvalue weighted by Gasteiger charge is 2.56. The Bertz CT molecular complexity index is 378.